The van der Waals surface area contributed by atoms with E-state index in [-0.39, 0.29) is 30.2 Å². The van der Waals surface area contributed by atoms with Crippen LogP contribution in [0, 0.1) is 5.92 Å². The number of aromatic nitrogens is 1. The van der Waals surface area contributed by atoms with E-state index in [0.717, 1.165) is 13.0 Å². The van der Waals surface area contributed by atoms with Crippen LogP contribution in [0.4, 0.5) is 5.69 Å². The number of nitrogens with zero attached hydrogens (tertiary/aromatic N) is 1. The molecule has 1 atom stereocenters. The van der Waals surface area contributed by atoms with Gasteiger partial charge >= 0.3 is 5.97 Å². The maximum Gasteiger partial charge on any atom is 0.355 e. The molecule has 1 aliphatic heterocycles. The molecule has 1 fully saturated rings. The first-order valence-corrected chi connectivity index (χ1v) is 6.47. The fraction of sp³-hybridized carbons (Fsp3) is 0.538. The minimum Gasteiger partial charge on any atom is -0.461 e. The Morgan fingerprint density at radius 3 is 2.90 bits per heavy atom. The van der Waals surface area contributed by atoms with Gasteiger partial charge in [-0.1, -0.05) is 0 Å². The third-order valence-electron chi connectivity index (χ3n) is 3.19. The Kier molecular flexibility index (Phi) is 6.04. The third-order valence-corrected chi connectivity index (χ3v) is 3.19. The minimum atomic E-state index is -0.381. The van der Waals surface area contributed by atoms with Crippen molar-refractivity contribution in [3.05, 3.63) is 18.0 Å². The molecule has 1 aliphatic rings. The second-order valence-corrected chi connectivity index (χ2v) is 4.62. The molecule has 7 heteroatoms. The first kappa shape index (κ1) is 16.5. The van der Waals surface area contributed by atoms with Gasteiger partial charge in [0.25, 0.3) is 0 Å². The topological polar surface area (TPSA) is 72.4 Å². The number of amides is 1. The normalized spacial score (nSPS) is 17.4. The Morgan fingerprint density at radius 2 is 2.30 bits per heavy atom. The van der Waals surface area contributed by atoms with Crippen molar-refractivity contribution in [2.45, 2.75) is 13.3 Å². The second-order valence-electron chi connectivity index (χ2n) is 4.62. The van der Waals surface area contributed by atoms with E-state index < -0.39 is 0 Å². The molecule has 0 spiro atoms. The van der Waals surface area contributed by atoms with Gasteiger partial charge in [-0.05, 0) is 26.0 Å². The van der Waals surface area contributed by atoms with Crippen LogP contribution in [0.5, 0.6) is 0 Å². The van der Waals surface area contributed by atoms with Crippen molar-refractivity contribution < 1.29 is 14.3 Å². The number of hydrogen-bond acceptors (Lipinski definition) is 4. The van der Waals surface area contributed by atoms with Crippen molar-refractivity contribution in [2.75, 3.05) is 25.0 Å². The van der Waals surface area contributed by atoms with Crippen LogP contribution >= 0.6 is 12.4 Å². The van der Waals surface area contributed by atoms with E-state index in [1.165, 1.54) is 0 Å². The Bertz CT molecular complexity index is 481. The molecule has 6 nitrogen and oxygen atoms in total. The Hall–Kier alpha value is -1.53. The highest BCUT2D eigenvalue weighted by Gasteiger charge is 2.23. The molecule has 1 aromatic heterocycles. The van der Waals surface area contributed by atoms with Crippen LogP contribution in [0.3, 0.4) is 0 Å². The highest BCUT2D eigenvalue weighted by molar-refractivity contribution is 5.95. The van der Waals surface area contributed by atoms with Gasteiger partial charge in [-0.15, -0.1) is 12.4 Å². The summed E-state index contributed by atoms with van der Waals surface area (Å²) in [4.78, 5) is 23.6. The summed E-state index contributed by atoms with van der Waals surface area (Å²) in [6.45, 7) is 3.68. The number of ether oxygens (including phenoxy) is 1. The Balaban J connectivity index is 0.00000200. The molecular weight excluding hydrogens is 282 g/mol. The zero-order valence-electron chi connectivity index (χ0n) is 11.6. The summed E-state index contributed by atoms with van der Waals surface area (Å²) < 4.78 is 6.60. The largest absolute Gasteiger partial charge is 0.461 e. The van der Waals surface area contributed by atoms with E-state index in [1.807, 2.05) is 0 Å². The molecule has 0 radical (unpaired) electrons. The van der Waals surface area contributed by atoms with E-state index in [9.17, 15) is 9.59 Å². The molecule has 20 heavy (non-hydrogen) atoms. The summed E-state index contributed by atoms with van der Waals surface area (Å²) >= 11 is 0. The highest BCUT2D eigenvalue weighted by Crippen LogP contribution is 2.16. The number of hydrogen-bond donors (Lipinski definition) is 2. The van der Waals surface area contributed by atoms with Gasteiger partial charge in [-0.2, -0.15) is 0 Å². The summed E-state index contributed by atoms with van der Waals surface area (Å²) in [5.74, 6) is -0.384. The van der Waals surface area contributed by atoms with E-state index in [4.69, 9.17) is 4.74 Å². The standard InChI is InChI=1S/C13H19N3O3.ClH/c1-3-19-13(18)11-6-10(8-16(11)2)15-12(17)9-4-5-14-7-9;/h6,8-9,14H,3-5,7H2,1-2H3,(H,15,17);1H. The summed E-state index contributed by atoms with van der Waals surface area (Å²) in [5, 5.41) is 5.98. The highest BCUT2D eigenvalue weighted by atomic mass is 35.5. The predicted octanol–water partition coefficient (Wildman–Crippen LogP) is 1.17. The molecule has 2 rings (SSSR count). The lowest BCUT2D eigenvalue weighted by molar-refractivity contribution is -0.119. The Labute approximate surface area is 124 Å². The molecule has 0 aliphatic carbocycles. The van der Waals surface area contributed by atoms with Gasteiger partial charge in [0.2, 0.25) is 5.91 Å². The van der Waals surface area contributed by atoms with Gasteiger partial charge in [-0.25, -0.2) is 4.79 Å². The summed E-state index contributed by atoms with van der Waals surface area (Å²) in [6.07, 6.45) is 2.57. The number of rotatable bonds is 4. The second kappa shape index (κ2) is 7.31. The van der Waals surface area contributed by atoms with E-state index in [1.54, 1.807) is 30.8 Å². The van der Waals surface area contributed by atoms with Crippen LogP contribution in [-0.4, -0.2) is 36.1 Å². The zero-order valence-corrected chi connectivity index (χ0v) is 12.5. The molecule has 1 amide bonds. The third kappa shape index (κ3) is 3.74. The average molecular weight is 302 g/mol. The number of carbonyl (C=O) groups is 2. The molecule has 2 N–H and O–H groups in total. The van der Waals surface area contributed by atoms with Gasteiger partial charge in [-0.3, -0.25) is 4.79 Å². The monoisotopic (exact) mass is 301 g/mol. The van der Waals surface area contributed by atoms with Crippen LogP contribution in [0.1, 0.15) is 23.8 Å². The lowest BCUT2D eigenvalue weighted by atomic mass is 10.1. The molecule has 112 valence electrons. The predicted molar refractivity (Wildman–Crippen MR) is 78.2 cm³/mol. The van der Waals surface area contributed by atoms with Gasteiger partial charge in [0.05, 0.1) is 18.2 Å². The molecule has 0 aromatic carbocycles. The van der Waals surface area contributed by atoms with Gasteiger partial charge in [0.15, 0.2) is 0 Å². The molecule has 1 unspecified atom stereocenters. The van der Waals surface area contributed by atoms with E-state index in [2.05, 4.69) is 10.6 Å². The molecule has 0 saturated carbocycles. The van der Waals surface area contributed by atoms with Gasteiger partial charge < -0.3 is 19.9 Å². The Morgan fingerprint density at radius 1 is 1.55 bits per heavy atom. The maximum absolute atomic E-state index is 12.0. The molecule has 2 heterocycles. The number of halogens is 1. The van der Waals surface area contributed by atoms with E-state index >= 15 is 0 Å². The zero-order chi connectivity index (χ0) is 13.8. The van der Waals surface area contributed by atoms with Crippen molar-refractivity contribution in [2.24, 2.45) is 13.0 Å². The molecule has 0 bridgehead atoms. The maximum atomic E-state index is 12.0. The van der Waals surface area contributed by atoms with Crippen molar-refractivity contribution in [1.82, 2.24) is 9.88 Å². The van der Waals surface area contributed by atoms with Crippen LogP contribution < -0.4 is 10.6 Å². The fourth-order valence-corrected chi connectivity index (χ4v) is 2.16. The van der Waals surface area contributed by atoms with Gasteiger partial charge in [0, 0.05) is 19.8 Å². The lowest BCUT2D eigenvalue weighted by Crippen LogP contribution is -2.24. The van der Waals surface area contributed by atoms with Crippen molar-refractivity contribution in [3.8, 4) is 0 Å². The first-order valence-electron chi connectivity index (χ1n) is 6.47. The summed E-state index contributed by atoms with van der Waals surface area (Å²) in [6, 6.07) is 1.64. The smallest absolute Gasteiger partial charge is 0.355 e. The number of aryl methyl sites for hydroxylation is 1. The fourth-order valence-electron chi connectivity index (χ4n) is 2.16. The van der Waals surface area contributed by atoms with Crippen LogP contribution in [-0.2, 0) is 16.6 Å². The molecule has 1 aromatic rings. The van der Waals surface area contributed by atoms with Crippen molar-refractivity contribution in [1.29, 1.82) is 0 Å². The number of anilines is 1. The first-order chi connectivity index (χ1) is 9.11. The molecular formula is C13H20ClN3O3. The molecule has 1 saturated heterocycles. The van der Waals surface area contributed by atoms with Crippen LogP contribution in [0.2, 0.25) is 0 Å². The SMILES string of the molecule is CCOC(=O)c1cc(NC(=O)C2CCNC2)cn1C.Cl. The van der Waals surface area contributed by atoms with Crippen molar-refractivity contribution >= 4 is 30.0 Å². The quantitative estimate of drug-likeness (QED) is 0.819. The van der Waals surface area contributed by atoms with Gasteiger partial charge in [0.1, 0.15) is 5.69 Å². The average Bonchev–Trinajstić information content (AvgIpc) is 2.99. The van der Waals surface area contributed by atoms with E-state index in [0.29, 0.717) is 24.5 Å². The van der Waals surface area contributed by atoms with Crippen LogP contribution in [0.25, 0.3) is 0 Å². The summed E-state index contributed by atoms with van der Waals surface area (Å²) in [7, 11) is 1.75. The van der Waals surface area contributed by atoms with Crippen molar-refractivity contribution in [3.63, 3.8) is 0 Å². The van der Waals surface area contributed by atoms with Crippen LogP contribution in [0.15, 0.2) is 12.3 Å². The number of carbonyl (C=O) groups excluding carboxylic acids is 2. The minimum absolute atomic E-state index is 0. The lowest BCUT2D eigenvalue weighted by Gasteiger charge is -2.07. The number of esters is 1. The summed E-state index contributed by atoms with van der Waals surface area (Å²) in [5.41, 5.74) is 1.06. The number of nitrogens with one attached hydrogen (secondary N) is 2.